The predicted octanol–water partition coefficient (Wildman–Crippen LogP) is 1.99. The van der Waals surface area contributed by atoms with Crippen LogP contribution in [0.5, 0.6) is 5.75 Å². The molecule has 0 aliphatic carbocycles. The number of thiophene rings is 1. The lowest BCUT2D eigenvalue weighted by Crippen LogP contribution is -2.22. The molecular formula is C14H17NO4S2. The quantitative estimate of drug-likeness (QED) is 0.727. The SMILES string of the molecule is O=S(=O)(NCc1cccs1)c1ccc(OCCCO)cc1. The third-order valence-corrected chi connectivity index (χ3v) is 5.02. The van der Waals surface area contributed by atoms with Gasteiger partial charge in [-0.25, -0.2) is 13.1 Å². The monoisotopic (exact) mass is 327 g/mol. The molecule has 114 valence electrons. The molecule has 0 bridgehead atoms. The van der Waals surface area contributed by atoms with Crippen molar-refractivity contribution in [3.8, 4) is 5.75 Å². The predicted molar refractivity (Wildman–Crippen MR) is 82.0 cm³/mol. The lowest BCUT2D eigenvalue weighted by atomic mass is 10.3. The molecule has 2 rings (SSSR count). The second-order valence-electron chi connectivity index (χ2n) is 4.30. The molecule has 1 aromatic heterocycles. The molecule has 0 saturated carbocycles. The topological polar surface area (TPSA) is 75.6 Å². The summed E-state index contributed by atoms with van der Waals surface area (Å²) in [6, 6.07) is 9.99. The number of ether oxygens (including phenoxy) is 1. The van der Waals surface area contributed by atoms with Crippen LogP contribution in [0.2, 0.25) is 0 Å². The van der Waals surface area contributed by atoms with Gasteiger partial charge in [0.1, 0.15) is 5.75 Å². The fourth-order valence-electron chi connectivity index (χ4n) is 1.63. The fourth-order valence-corrected chi connectivity index (χ4v) is 3.37. The van der Waals surface area contributed by atoms with E-state index in [-0.39, 0.29) is 18.0 Å². The summed E-state index contributed by atoms with van der Waals surface area (Å²) in [4.78, 5) is 1.16. The highest BCUT2D eigenvalue weighted by Crippen LogP contribution is 2.17. The number of nitrogens with one attached hydrogen (secondary N) is 1. The van der Waals surface area contributed by atoms with Gasteiger partial charge in [-0.2, -0.15) is 0 Å². The first-order valence-corrected chi connectivity index (χ1v) is 8.84. The van der Waals surface area contributed by atoms with E-state index in [1.807, 2.05) is 17.5 Å². The second kappa shape index (κ2) is 7.56. The van der Waals surface area contributed by atoms with Crippen molar-refractivity contribution in [2.45, 2.75) is 17.9 Å². The Bertz CT molecular complexity index is 636. The van der Waals surface area contributed by atoms with Crippen molar-refractivity contribution in [3.63, 3.8) is 0 Å². The smallest absolute Gasteiger partial charge is 0.240 e. The number of aliphatic hydroxyl groups excluding tert-OH is 1. The van der Waals surface area contributed by atoms with E-state index in [1.54, 1.807) is 12.1 Å². The summed E-state index contributed by atoms with van der Waals surface area (Å²) >= 11 is 1.51. The minimum absolute atomic E-state index is 0.0686. The molecule has 0 saturated heterocycles. The van der Waals surface area contributed by atoms with Crippen LogP contribution in [0.25, 0.3) is 0 Å². The first-order valence-electron chi connectivity index (χ1n) is 6.47. The molecule has 0 aliphatic rings. The van der Waals surface area contributed by atoms with Crippen molar-refractivity contribution >= 4 is 21.4 Å². The zero-order valence-corrected chi connectivity index (χ0v) is 13.0. The van der Waals surface area contributed by atoms with Crippen molar-refractivity contribution in [2.75, 3.05) is 13.2 Å². The summed E-state index contributed by atoms with van der Waals surface area (Å²) < 4.78 is 32.2. The van der Waals surface area contributed by atoms with E-state index < -0.39 is 10.0 Å². The molecule has 0 spiro atoms. The van der Waals surface area contributed by atoms with Crippen molar-refractivity contribution in [2.24, 2.45) is 0 Å². The standard InChI is InChI=1S/C14H17NO4S2/c16-8-2-9-19-12-4-6-14(7-5-12)21(17,18)15-11-13-3-1-10-20-13/h1,3-7,10,15-16H,2,8-9,11H2. The van der Waals surface area contributed by atoms with E-state index in [0.29, 0.717) is 18.8 Å². The van der Waals surface area contributed by atoms with E-state index in [9.17, 15) is 8.42 Å². The van der Waals surface area contributed by atoms with E-state index in [4.69, 9.17) is 9.84 Å². The highest BCUT2D eigenvalue weighted by molar-refractivity contribution is 7.89. The molecule has 2 N–H and O–H groups in total. The van der Waals surface area contributed by atoms with Gasteiger partial charge in [0, 0.05) is 24.4 Å². The van der Waals surface area contributed by atoms with Crippen LogP contribution < -0.4 is 9.46 Å². The maximum absolute atomic E-state index is 12.1. The number of aliphatic hydroxyl groups is 1. The molecule has 0 atom stereocenters. The van der Waals surface area contributed by atoms with E-state index in [1.165, 1.54) is 23.5 Å². The third kappa shape index (κ3) is 4.82. The Morgan fingerprint density at radius 3 is 2.57 bits per heavy atom. The van der Waals surface area contributed by atoms with Gasteiger partial charge >= 0.3 is 0 Å². The molecule has 1 aromatic carbocycles. The van der Waals surface area contributed by atoms with E-state index in [0.717, 1.165) is 4.88 Å². The van der Waals surface area contributed by atoms with Gasteiger partial charge in [-0.1, -0.05) is 6.07 Å². The fraction of sp³-hybridized carbons (Fsp3) is 0.286. The van der Waals surface area contributed by atoms with Gasteiger partial charge in [0.05, 0.1) is 11.5 Å². The lowest BCUT2D eigenvalue weighted by molar-refractivity contribution is 0.233. The minimum atomic E-state index is -3.52. The van der Waals surface area contributed by atoms with Crippen LogP contribution in [0, 0.1) is 0 Å². The number of benzene rings is 1. The summed E-state index contributed by atoms with van der Waals surface area (Å²) in [5, 5.41) is 10.6. The summed E-state index contributed by atoms with van der Waals surface area (Å²) in [7, 11) is -3.52. The molecule has 0 unspecified atom stereocenters. The molecule has 21 heavy (non-hydrogen) atoms. The van der Waals surface area contributed by atoms with Gasteiger partial charge in [-0.15, -0.1) is 11.3 Å². The van der Waals surface area contributed by atoms with Gasteiger partial charge in [-0.3, -0.25) is 0 Å². The van der Waals surface area contributed by atoms with Gasteiger partial charge in [0.15, 0.2) is 0 Å². The summed E-state index contributed by atoms with van der Waals surface area (Å²) in [5.41, 5.74) is 0. The highest BCUT2D eigenvalue weighted by atomic mass is 32.2. The molecule has 0 radical (unpaired) electrons. The molecule has 2 aromatic rings. The molecule has 0 fully saturated rings. The van der Waals surface area contributed by atoms with Crippen molar-refractivity contribution in [1.82, 2.24) is 4.72 Å². The zero-order valence-electron chi connectivity index (χ0n) is 11.4. The molecule has 0 aliphatic heterocycles. The number of hydrogen-bond donors (Lipinski definition) is 2. The average Bonchev–Trinajstić information content (AvgIpc) is 3.00. The van der Waals surface area contributed by atoms with E-state index in [2.05, 4.69) is 4.72 Å². The summed E-state index contributed by atoms with van der Waals surface area (Å²) in [5.74, 6) is 0.584. The maximum Gasteiger partial charge on any atom is 0.240 e. The Labute approximate surface area is 128 Å². The Hall–Kier alpha value is -1.41. The third-order valence-electron chi connectivity index (χ3n) is 2.72. The summed E-state index contributed by atoms with van der Waals surface area (Å²) in [6.07, 6.45) is 0.544. The van der Waals surface area contributed by atoms with E-state index >= 15 is 0 Å². The largest absolute Gasteiger partial charge is 0.494 e. The van der Waals surface area contributed by atoms with Crippen LogP contribution in [0.4, 0.5) is 0 Å². The first-order chi connectivity index (χ1) is 10.1. The van der Waals surface area contributed by atoms with Crippen LogP contribution in [0.3, 0.4) is 0 Å². The van der Waals surface area contributed by atoms with Gasteiger partial charge in [0.25, 0.3) is 0 Å². The number of sulfonamides is 1. The molecule has 0 amide bonds. The van der Waals surface area contributed by atoms with Crippen LogP contribution in [-0.4, -0.2) is 26.7 Å². The Morgan fingerprint density at radius 1 is 1.19 bits per heavy atom. The maximum atomic E-state index is 12.1. The average molecular weight is 327 g/mol. The Balaban J connectivity index is 1.96. The first kappa shape index (κ1) is 16.0. The van der Waals surface area contributed by atoms with Crippen molar-refractivity contribution in [1.29, 1.82) is 0 Å². The van der Waals surface area contributed by atoms with Crippen LogP contribution in [-0.2, 0) is 16.6 Å². The summed E-state index contributed by atoms with van der Waals surface area (Å²) in [6.45, 7) is 0.757. The molecule has 7 heteroatoms. The van der Waals surface area contributed by atoms with Crippen LogP contribution >= 0.6 is 11.3 Å². The van der Waals surface area contributed by atoms with Crippen molar-refractivity contribution < 1.29 is 18.3 Å². The molecule has 5 nitrogen and oxygen atoms in total. The second-order valence-corrected chi connectivity index (χ2v) is 7.10. The Morgan fingerprint density at radius 2 is 1.95 bits per heavy atom. The van der Waals surface area contributed by atoms with Gasteiger partial charge in [0.2, 0.25) is 10.0 Å². The molecular weight excluding hydrogens is 310 g/mol. The zero-order chi connectivity index (χ0) is 15.1. The lowest BCUT2D eigenvalue weighted by Gasteiger charge is -2.08. The van der Waals surface area contributed by atoms with Crippen LogP contribution in [0.1, 0.15) is 11.3 Å². The number of hydrogen-bond acceptors (Lipinski definition) is 5. The normalized spacial score (nSPS) is 11.5. The molecule has 1 heterocycles. The minimum Gasteiger partial charge on any atom is -0.494 e. The van der Waals surface area contributed by atoms with Crippen LogP contribution in [0.15, 0.2) is 46.7 Å². The highest BCUT2D eigenvalue weighted by Gasteiger charge is 2.13. The van der Waals surface area contributed by atoms with Gasteiger partial charge < -0.3 is 9.84 Å². The van der Waals surface area contributed by atoms with Gasteiger partial charge in [-0.05, 0) is 35.7 Å². The number of rotatable bonds is 8. The Kier molecular flexibility index (Phi) is 5.75. The van der Waals surface area contributed by atoms with Crippen molar-refractivity contribution in [3.05, 3.63) is 46.7 Å².